The van der Waals surface area contributed by atoms with Crippen molar-refractivity contribution >= 4 is 17.4 Å². The van der Waals surface area contributed by atoms with Gasteiger partial charge in [0.15, 0.2) is 5.76 Å². The average Bonchev–Trinajstić information content (AvgIpc) is 3.21. The molecule has 0 bridgehead atoms. The van der Waals surface area contributed by atoms with Crippen molar-refractivity contribution in [3.63, 3.8) is 0 Å². The number of rotatable bonds is 5. The van der Waals surface area contributed by atoms with E-state index in [1.165, 1.54) is 18.7 Å². The molecule has 0 fully saturated rings. The van der Waals surface area contributed by atoms with E-state index in [2.05, 4.69) is 10.3 Å². The highest BCUT2D eigenvalue weighted by molar-refractivity contribution is 6.04. The highest BCUT2D eigenvalue weighted by atomic mass is 16.3. The van der Waals surface area contributed by atoms with Crippen LogP contribution in [0.25, 0.3) is 5.88 Å². The maximum absolute atomic E-state index is 12.1. The Kier molecular flexibility index (Phi) is 3.92. The first-order chi connectivity index (χ1) is 11.1. The van der Waals surface area contributed by atoms with Crippen LogP contribution in [0.15, 0.2) is 59.5 Å². The third-order valence-electron chi connectivity index (χ3n) is 3.20. The van der Waals surface area contributed by atoms with Crippen LogP contribution < -0.4 is 5.73 Å². The second kappa shape index (κ2) is 6.18. The number of aliphatic hydroxyl groups is 1. The molecule has 1 aromatic carbocycles. The van der Waals surface area contributed by atoms with Gasteiger partial charge in [-0.05, 0) is 29.3 Å². The third-order valence-corrected chi connectivity index (χ3v) is 3.20. The Bertz CT molecular complexity index is 833. The van der Waals surface area contributed by atoms with Gasteiger partial charge in [-0.2, -0.15) is 4.68 Å². The molecule has 0 amide bonds. The number of nitrogens with zero attached hydrogens (tertiary/aromatic N) is 3. The number of hydrogen-bond acceptors (Lipinski definition) is 6. The summed E-state index contributed by atoms with van der Waals surface area (Å²) < 4.78 is 6.34. The molecule has 0 saturated carbocycles. The van der Waals surface area contributed by atoms with Crippen LogP contribution in [0.3, 0.4) is 0 Å². The Morgan fingerprint density at radius 3 is 2.78 bits per heavy atom. The maximum Gasteiger partial charge on any atom is 0.226 e. The van der Waals surface area contributed by atoms with Crippen molar-refractivity contribution in [3.05, 3.63) is 72.0 Å². The van der Waals surface area contributed by atoms with E-state index in [-0.39, 0.29) is 11.6 Å². The number of aromatic nitrogens is 3. The van der Waals surface area contributed by atoms with Crippen LogP contribution in [0.5, 0.6) is 0 Å². The molecule has 0 radical (unpaired) electrons. The summed E-state index contributed by atoms with van der Waals surface area (Å²) in [5.74, 6) is -0.646. The van der Waals surface area contributed by atoms with Gasteiger partial charge in [0.2, 0.25) is 11.7 Å². The fourth-order valence-electron chi connectivity index (χ4n) is 2.05. The molecule has 3 aromatic rings. The Labute approximate surface area is 131 Å². The summed E-state index contributed by atoms with van der Waals surface area (Å²) in [7, 11) is 0. The molecule has 0 aliphatic heterocycles. The molecular weight excluding hydrogens is 296 g/mol. The number of anilines is 1. The summed E-state index contributed by atoms with van der Waals surface area (Å²) in [4.78, 5) is 12.1. The number of furan rings is 1. The van der Waals surface area contributed by atoms with E-state index in [1.54, 1.807) is 6.07 Å². The number of allylic oxidation sites excluding steroid dienone is 1. The van der Waals surface area contributed by atoms with Crippen LogP contribution in [0, 0.1) is 0 Å². The lowest BCUT2D eigenvalue weighted by Crippen LogP contribution is -2.01. The highest BCUT2D eigenvalue weighted by Gasteiger charge is 2.11. The second-order valence-corrected chi connectivity index (χ2v) is 4.95. The molecule has 3 N–H and O–H groups in total. The number of carbonyl (C=O) groups excluding carboxylic acids is 1. The molecule has 2 aromatic heterocycles. The maximum atomic E-state index is 12.1. The van der Waals surface area contributed by atoms with Gasteiger partial charge < -0.3 is 15.3 Å². The normalized spacial score (nSPS) is 11.6. The lowest BCUT2D eigenvalue weighted by atomic mass is 10.1. The van der Waals surface area contributed by atoms with Crippen LogP contribution in [-0.4, -0.2) is 25.9 Å². The standard InChI is InChI=1S/C16H14N4O3/c17-13-3-1-11(2-4-13)7-12-8-15(23-10-12)14(21)9-16(22)20-6-5-18-19-20/h1-6,8-10,22H,7,17H2. The summed E-state index contributed by atoms with van der Waals surface area (Å²) in [6.45, 7) is 0. The van der Waals surface area contributed by atoms with Crippen molar-refractivity contribution in [2.75, 3.05) is 5.73 Å². The zero-order valence-electron chi connectivity index (χ0n) is 12.1. The molecule has 7 heteroatoms. The molecule has 0 aliphatic rings. The van der Waals surface area contributed by atoms with Crippen LogP contribution in [0.4, 0.5) is 5.69 Å². The Morgan fingerprint density at radius 1 is 1.30 bits per heavy atom. The topological polar surface area (TPSA) is 107 Å². The van der Waals surface area contributed by atoms with E-state index in [9.17, 15) is 9.90 Å². The fourth-order valence-corrected chi connectivity index (χ4v) is 2.05. The first kappa shape index (κ1) is 14.6. The largest absolute Gasteiger partial charge is 0.493 e. The molecular formula is C16H14N4O3. The molecule has 23 heavy (non-hydrogen) atoms. The summed E-state index contributed by atoms with van der Waals surface area (Å²) >= 11 is 0. The number of benzene rings is 1. The van der Waals surface area contributed by atoms with E-state index in [1.807, 2.05) is 24.3 Å². The number of hydrogen-bond donors (Lipinski definition) is 2. The third kappa shape index (κ3) is 3.46. The zero-order valence-corrected chi connectivity index (χ0v) is 12.1. The van der Waals surface area contributed by atoms with Gasteiger partial charge in [-0.1, -0.05) is 17.3 Å². The fraction of sp³-hybridized carbons (Fsp3) is 0.0625. The van der Waals surface area contributed by atoms with E-state index >= 15 is 0 Å². The van der Waals surface area contributed by atoms with Gasteiger partial charge in [-0.25, -0.2) is 0 Å². The van der Waals surface area contributed by atoms with E-state index in [0.29, 0.717) is 12.1 Å². The summed E-state index contributed by atoms with van der Waals surface area (Å²) in [6, 6.07) is 9.12. The van der Waals surface area contributed by atoms with Crippen LogP contribution in [-0.2, 0) is 6.42 Å². The number of carbonyl (C=O) groups is 1. The molecule has 116 valence electrons. The Morgan fingerprint density at radius 2 is 2.09 bits per heavy atom. The molecule has 0 saturated heterocycles. The van der Waals surface area contributed by atoms with E-state index < -0.39 is 5.78 Å². The minimum atomic E-state index is -0.457. The quantitative estimate of drug-likeness (QED) is 0.324. The zero-order chi connectivity index (χ0) is 16.2. The molecule has 3 rings (SSSR count). The molecule has 7 nitrogen and oxygen atoms in total. The number of nitrogens with two attached hydrogens (primary N) is 1. The van der Waals surface area contributed by atoms with Crippen molar-refractivity contribution in [2.24, 2.45) is 0 Å². The van der Waals surface area contributed by atoms with Crippen LogP contribution in [0.2, 0.25) is 0 Å². The number of nitrogen functional groups attached to an aromatic ring is 1. The van der Waals surface area contributed by atoms with Gasteiger partial charge in [0.25, 0.3) is 0 Å². The van der Waals surface area contributed by atoms with Gasteiger partial charge in [0, 0.05) is 12.1 Å². The van der Waals surface area contributed by atoms with Gasteiger partial charge in [-0.15, -0.1) is 5.10 Å². The summed E-state index contributed by atoms with van der Waals surface area (Å²) in [5, 5.41) is 16.9. The van der Waals surface area contributed by atoms with Crippen molar-refractivity contribution < 1.29 is 14.3 Å². The SMILES string of the molecule is Nc1ccc(Cc2coc(C(=O)C=C(O)n3ccnn3)c2)cc1. The van der Waals surface area contributed by atoms with Crippen molar-refractivity contribution in [3.8, 4) is 0 Å². The molecule has 0 aliphatic carbocycles. The van der Waals surface area contributed by atoms with E-state index in [0.717, 1.165) is 21.9 Å². The van der Waals surface area contributed by atoms with Crippen molar-refractivity contribution in [1.82, 2.24) is 15.0 Å². The number of aliphatic hydroxyl groups excluding tert-OH is 1. The van der Waals surface area contributed by atoms with Crippen LogP contribution in [0.1, 0.15) is 21.7 Å². The predicted octanol–water partition coefficient (Wildman–Crippen LogP) is 2.28. The van der Waals surface area contributed by atoms with Crippen LogP contribution >= 0.6 is 0 Å². The molecule has 0 spiro atoms. The Hall–Kier alpha value is -3.35. The minimum Gasteiger partial charge on any atom is -0.493 e. The number of ketones is 1. The van der Waals surface area contributed by atoms with Gasteiger partial charge in [0.1, 0.15) is 0 Å². The average molecular weight is 310 g/mol. The smallest absolute Gasteiger partial charge is 0.226 e. The van der Waals surface area contributed by atoms with Gasteiger partial charge >= 0.3 is 0 Å². The summed E-state index contributed by atoms with van der Waals surface area (Å²) in [5.41, 5.74) is 8.25. The minimum absolute atomic E-state index is 0.141. The van der Waals surface area contributed by atoms with Gasteiger partial charge in [0.05, 0.1) is 24.7 Å². The molecule has 0 atom stereocenters. The first-order valence-electron chi connectivity index (χ1n) is 6.85. The molecule has 0 unspecified atom stereocenters. The summed E-state index contributed by atoms with van der Waals surface area (Å²) in [6.07, 6.45) is 5.99. The first-order valence-corrected chi connectivity index (χ1v) is 6.85. The Balaban J connectivity index is 1.72. The second-order valence-electron chi connectivity index (χ2n) is 4.95. The van der Waals surface area contributed by atoms with E-state index in [4.69, 9.17) is 10.2 Å². The van der Waals surface area contributed by atoms with Crippen molar-refractivity contribution in [1.29, 1.82) is 0 Å². The van der Waals surface area contributed by atoms with Gasteiger partial charge in [-0.3, -0.25) is 4.79 Å². The predicted molar refractivity (Wildman–Crippen MR) is 83.6 cm³/mol. The lowest BCUT2D eigenvalue weighted by Gasteiger charge is -1.98. The van der Waals surface area contributed by atoms with Crippen molar-refractivity contribution in [2.45, 2.75) is 6.42 Å². The molecule has 2 heterocycles. The lowest BCUT2D eigenvalue weighted by molar-refractivity contribution is 0.102. The highest BCUT2D eigenvalue weighted by Crippen LogP contribution is 2.16. The monoisotopic (exact) mass is 310 g/mol.